The van der Waals surface area contributed by atoms with Crippen LogP contribution in [0.5, 0.6) is 0 Å². The van der Waals surface area contributed by atoms with Gasteiger partial charge in [0.15, 0.2) is 0 Å². The largest absolute Gasteiger partial charge is 0.351 e. The van der Waals surface area contributed by atoms with E-state index in [-0.39, 0.29) is 5.91 Å². The molecular formula is C13H20N2OS. The van der Waals surface area contributed by atoms with Crippen LogP contribution in [0.15, 0.2) is 11.4 Å². The number of thiophene rings is 1. The highest BCUT2D eigenvalue weighted by Crippen LogP contribution is 2.18. The first-order chi connectivity index (χ1) is 8.29. The monoisotopic (exact) mass is 252 g/mol. The number of carbonyl (C=O) groups is 1. The van der Waals surface area contributed by atoms with Crippen molar-refractivity contribution >= 4 is 17.2 Å². The molecule has 3 nitrogen and oxygen atoms in total. The van der Waals surface area contributed by atoms with Gasteiger partial charge in [0.2, 0.25) is 5.91 Å². The Morgan fingerprint density at radius 2 is 2.35 bits per heavy atom. The fourth-order valence-electron chi connectivity index (χ4n) is 1.78. The van der Waals surface area contributed by atoms with E-state index in [0.29, 0.717) is 19.0 Å². The Balaban J connectivity index is 1.64. The molecule has 0 atom stereocenters. The average molecular weight is 252 g/mol. The number of hydrogen-bond donors (Lipinski definition) is 2. The molecule has 1 aromatic rings. The quantitative estimate of drug-likeness (QED) is 0.780. The van der Waals surface area contributed by atoms with E-state index in [1.165, 1.54) is 23.3 Å². The average Bonchev–Trinajstić information content (AvgIpc) is 3.03. The maximum atomic E-state index is 11.6. The molecule has 2 rings (SSSR count). The van der Waals surface area contributed by atoms with Crippen molar-refractivity contribution in [2.45, 2.75) is 45.2 Å². The molecule has 0 aromatic carbocycles. The van der Waals surface area contributed by atoms with Crippen LogP contribution in [0.3, 0.4) is 0 Å². The molecule has 1 amide bonds. The highest BCUT2D eigenvalue weighted by atomic mass is 32.1. The van der Waals surface area contributed by atoms with Gasteiger partial charge in [-0.15, -0.1) is 11.3 Å². The van der Waals surface area contributed by atoms with Crippen LogP contribution in [0, 0.1) is 0 Å². The first kappa shape index (κ1) is 12.6. The minimum atomic E-state index is 0.147. The van der Waals surface area contributed by atoms with Gasteiger partial charge in [0, 0.05) is 23.9 Å². The van der Waals surface area contributed by atoms with Crippen molar-refractivity contribution in [2.24, 2.45) is 0 Å². The lowest BCUT2D eigenvalue weighted by Crippen LogP contribution is -2.28. The Bertz CT molecular complexity index is 371. The van der Waals surface area contributed by atoms with Gasteiger partial charge in [0.05, 0.1) is 6.54 Å². The van der Waals surface area contributed by atoms with Crippen molar-refractivity contribution < 1.29 is 4.79 Å². The molecule has 4 heteroatoms. The Morgan fingerprint density at radius 3 is 3.06 bits per heavy atom. The van der Waals surface area contributed by atoms with E-state index in [0.717, 1.165) is 13.0 Å². The van der Waals surface area contributed by atoms with Gasteiger partial charge in [-0.3, -0.25) is 4.79 Å². The van der Waals surface area contributed by atoms with Gasteiger partial charge < -0.3 is 10.6 Å². The van der Waals surface area contributed by atoms with E-state index in [1.54, 1.807) is 11.3 Å². The Kier molecular flexibility index (Phi) is 4.57. The molecule has 0 bridgehead atoms. The van der Waals surface area contributed by atoms with Gasteiger partial charge in [0.25, 0.3) is 0 Å². The molecule has 2 N–H and O–H groups in total. The molecule has 0 radical (unpaired) electrons. The normalized spacial score (nSPS) is 14.9. The van der Waals surface area contributed by atoms with Crippen LogP contribution in [0.25, 0.3) is 0 Å². The van der Waals surface area contributed by atoms with Gasteiger partial charge in [0.1, 0.15) is 0 Å². The fourth-order valence-corrected chi connectivity index (χ4v) is 2.70. The minimum Gasteiger partial charge on any atom is -0.351 e. The first-order valence-corrected chi connectivity index (χ1v) is 7.23. The number of carbonyl (C=O) groups excluding carboxylic acids is 1. The van der Waals surface area contributed by atoms with Crippen LogP contribution in [-0.4, -0.2) is 18.5 Å². The number of hydrogen-bond acceptors (Lipinski definition) is 3. The Hall–Kier alpha value is -0.870. The smallest absolute Gasteiger partial charge is 0.221 e. The maximum absolute atomic E-state index is 11.6. The predicted octanol–water partition coefficient (Wildman–Crippen LogP) is 2.07. The molecule has 0 aliphatic heterocycles. The molecule has 1 saturated carbocycles. The molecular weight excluding hydrogens is 232 g/mol. The summed E-state index contributed by atoms with van der Waals surface area (Å²) >= 11 is 1.72. The van der Waals surface area contributed by atoms with Crippen LogP contribution in [0.2, 0.25) is 0 Å². The zero-order valence-electron chi connectivity index (χ0n) is 10.3. The van der Waals surface area contributed by atoms with E-state index < -0.39 is 0 Å². The van der Waals surface area contributed by atoms with Gasteiger partial charge in [-0.25, -0.2) is 0 Å². The molecule has 0 unspecified atom stereocenters. The fraction of sp³-hybridized carbons (Fsp3) is 0.615. The van der Waals surface area contributed by atoms with Gasteiger partial charge >= 0.3 is 0 Å². The van der Waals surface area contributed by atoms with Crippen LogP contribution >= 0.6 is 11.3 Å². The van der Waals surface area contributed by atoms with Crippen LogP contribution in [0.1, 0.15) is 36.6 Å². The number of amides is 1. The highest BCUT2D eigenvalue weighted by molar-refractivity contribution is 7.10. The third-order valence-electron chi connectivity index (χ3n) is 3.03. The SMILES string of the molecule is CCc1ccsc1CNC(=O)CCNC1CC1. The number of nitrogens with one attached hydrogen (secondary N) is 2. The molecule has 17 heavy (non-hydrogen) atoms. The molecule has 0 saturated heterocycles. The Labute approximate surface area is 107 Å². The summed E-state index contributed by atoms with van der Waals surface area (Å²) in [5, 5.41) is 8.42. The molecule has 1 aliphatic rings. The van der Waals surface area contributed by atoms with Crippen molar-refractivity contribution in [1.82, 2.24) is 10.6 Å². The van der Waals surface area contributed by atoms with Crippen molar-refractivity contribution in [3.63, 3.8) is 0 Å². The summed E-state index contributed by atoms with van der Waals surface area (Å²) in [5.41, 5.74) is 1.35. The van der Waals surface area contributed by atoms with Gasteiger partial charge in [-0.05, 0) is 36.3 Å². The summed E-state index contributed by atoms with van der Waals surface area (Å²) < 4.78 is 0. The lowest BCUT2D eigenvalue weighted by molar-refractivity contribution is -0.121. The van der Waals surface area contributed by atoms with Gasteiger partial charge in [-0.1, -0.05) is 6.92 Å². The zero-order valence-corrected chi connectivity index (χ0v) is 11.1. The van der Waals surface area contributed by atoms with E-state index in [9.17, 15) is 4.79 Å². The van der Waals surface area contributed by atoms with Crippen molar-refractivity contribution in [3.05, 3.63) is 21.9 Å². The topological polar surface area (TPSA) is 41.1 Å². The lowest BCUT2D eigenvalue weighted by Gasteiger charge is -2.06. The third-order valence-corrected chi connectivity index (χ3v) is 3.99. The second-order valence-corrected chi connectivity index (χ2v) is 5.48. The van der Waals surface area contributed by atoms with Crippen LogP contribution in [0.4, 0.5) is 0 Å². The van der Waals surface area contributed by atoms with E-state index >= 15 is 0 Å². The lowest BCUT2D eigenvalue weighted by atomic mass is 10.2. The third kappa shape index (κ3) is 4.13. The summed E-state index contributed by atoms with van der Waals surface area (Å²) in [6, 6.07) is 2.83. The van der Waals surface area contributed by atoms with Crippen molar-refractivity contribution in [1.29, 1.82) is 0 Å². The van der Waals surface area contributed by atoms with Crippen molar-refractivity contribution in [3.8, 4) is 0 Å². The molecule has 1 fully saturated rings. The zero-order chi connectivity index (χ0) is 12.1. The van der Waals surface area contributed by atoms with E-state index in [4.69, 9.17) is 0 Å². The van der Waals surface area contributed by atoms with Gasteiger partial charge in [-0.2, -0.15) is 0 Å². The number of aryl methyl sites for hydroxylation is 1. The van der Waals surface area contributed by atoms with E-state index in [1.807, 2.05) is 0 Å². The van der Waals surface area contributed by atoms with Crippen LogP contribution < -0.4 is 10.6 Å². The summed E-state index contributed by atoms with van der Waals surface area (Å²) in [6.07, 6.45) is 4.18. The number of rotatable bonds is 7. The maximum Gasteiger partial charge on any atom is 0.221 e. The summed E-state index contributed by atoms with van der Waals surface area (Å²) in [5.74, 6) is 0.147. The predicted molar refractivity (Wildman–Crippen MR) is 71.2 cm³/mol. The second-order valence-electron chi connectivity index (χ2n) is 4.48. The molecule has 94 valence electrons. The highest BCUT2D eigenvalue weighted by Gasteiger charge is 2.20. The molecule has 0 spiro atoms. The van der Waals surface area contributed by atoms with E-state index in [2.05, 4.69) is 29.0 Å². The first-order valence-electron chi connectivity index (χ1n) is 6.35. The molecule has 1 aromatic heterocycles. The molecule has 1 heterocycles. The summed E-state index contributed by atoms with van der Waals surface area (Å²) in [4.78, 5) is 12.9. The second kappa shape index (κ2) is 6.17. The standard InChI is InChI=1S/C13H20N2OS/c1-2-10-6-8-17-12(10)9-15-13(16)5-7-14-11-3-4-11/h6,8,11,14H,2-5,7,9H2,1H3,(H,15,16). The molecule has 1 aliphatic carbocycles. The minimum absolute atomic E-state index is 0.147. The Morgan fingerprint density at radius 1 is 1.53 bits per heavy atom. The van der Waals surface area contributed by atoms with Crippen LogP contribution in [-0.2, 0) is 17.8 Å². The summed E-state index contributed by atoms with van der Waals surface area (Å²) in [6.45, 7) is 3.64. The van der Waals surface area contributed by atoms with Crippen molar-refractivity contribution in [2.75, 3.05) is 6.54 Å². The summed E-state index contributed by atoms with van der Waals surface area (Å²) in [7, 11) is 0.